The van der Waals surface area contributed by atoms with Gasteiger partial charge in [-0.1, -0.05) is 50.2 Å². The van der Waals surface area contributed by atoms with E-state index in [4.69, 9.17) is 16.4 Å². The van der Waals surface area contributed by atoms with E-state index in [0.717, 1.165) is 4.47 Å². The Kier molecular flexibility index (Phi) is 10.4. The number of nitrogens with one attached hydrogen (secondary N) is 2. The molecule has 0 aliphatic carbocycles. The molecule has 0 bridgehead atoms. The largest absolute Gasteiger partial charge is 0.363 e. The highest BCUT2D eigenvalue weighted by Gasteiger charge is 2.28. The first-order valence-corrected chi connectivity index (χ1v) is 14.0. The quantitative estimate of drug-likeness (QED) is 0.361. The van der Waals surface area contributed by atoms with E-state index in [0.29, 0.717) is 30.7 Å². The van der Waals surface area contributed by atoms with Gasteiger partial charge in [-0.15, -0.1) is 12.4 Å². The SMILES string of the molecule is Cl.O=C(NCC(=O)N1CCNCC1)c1ccc(S(=O)(=O)N(Oc2ccc(Br)cc2Cl)c2ccccc2)cc1. The summed E-state index contributed by atoms with van der Waals surface area (Å²) < 4.78 is 28.7. The number of nitrogens with zero attached hydrogens (tertiary/aromatic N) is 2. The van der Waals surface area contributed by atoms with Crippen LogP contribution in [0.4, 0.5) is 5.69 Å². The molecule has 13 heteroatoms. The van der Waals surface area contributed by atoms with Crippen molar-refractivity contribution < 1.29 is 22.8 Å². The van der Waals surface area contributed by atoms with Gasteiger partial charge in [0.15, 0.2) is 5.75 Å². The molecule has 202 valence electrons. The van der Waals surface area contributed by atoms with E-state index < -0.39 is 15.9 Å². The summed E-state index contributed by atoms with van der Waals surface area (Å²) in [4.78, 5) is 32.2. The molecule has 0 unspecified atom stereocenters. The Morgan fingerprint density at radius 1 is 1.03 bits per heavy atom. The van der Waals surface area contributed by atoms with Gasteiger partial charge in [0, 0.05) is 36.2 Å². The summed E-state index contributed by atoms with van der Waals surface area (Å²) in [6, 6.07) is 18.5. The number of piperazine rings is 1. The van der Waals surface area contributed by atoms with E-state index in [1.807, 2.05) is 0 Å². The first-order valence-electron chi connectivity index (χ1n) is 11.4. The minimum atomic E-state index is -4.22. The van der Waals surface area contributed by atoms with Gasteiger partial charge in [-0.2, -0.15) is 8.42 Å². The van der Waals surface area contributed by atoms with Crippen LogP contribution in [0.1, 0.15) is 10.4 Å². The smallest absolute Gasteiger partial charge is 0.295 e. The van der Waals surface area contributed by atoms with Crippen molar-refractivity contribution in [1.29, 1.82) is 0 Å². The molecule has 1 aliphatic heterocycles. The summed E-state index contributed by atoms with van der Waals surface area (Å²) in [6.45, 7) is 2.47. The average Bonchev–Trinajstić information content (AvgIpc) is 2.92. The molecule has 0 spiro atoms. The number of rotatable bonds is 8. The van der Waals surface area contributed by atoms with Crippen molar-refractivity contribution in [2.24, 2.45) is 0 Å². The molecule has 38 heavy (non-hydrogen) atoms. The maximum atomic E-state index is 13.6. The minimum absolute atomic E-state index is 0. The highest BCUT2D eigenvalue weighted by molar-refractivity contribution is 9.10. The van der Waals surface area contributed by atoms with Gasteiger partial charge in [0.05, 0.1) is 22.2 Å². The fraction of sp³-hybridized carbons (Fsp3) is 0.200. The van der Waals surface area contributed by atoms with Crippen LogP contribution < -0.4 is 19.9 Å². The number of carbonyl (C=O) groups is 2. The van der Waals surface area contributed by atoms with Crippen molar-refractivity contribution in [3.63, 3.8) is 0 Å². The van der Waals surface area contributed by atoms with E-state index in [-0.39, 0.29) is 51.8 Å². The Bertz CT molecular complexity index is 1370. The van der Waals surface area contributed by atoms with E-state index >= 15 is 0 Å². The zero-order valence-corrected chi connectivity index (χ0v) is 23.9. The van der Waals surface area contributed by atoms with Crippen LogP contribution in [0.2, 0.25) is 5.02 Å². The van der Waals surface area contributed by atoms with Crippen molar-refractivity contribution in [3.05, 3.63) is 87.9 Å². The average molecular weight is 644 g/mol. The van der Waals surface area contributed by atoms with Gasteiger partial charge in [-0.25, -0.2) is 0 Å². The highest BCUT2D eigenvalue weighted by atomic mass is 79.9. The summed E-state index contributed by atoms with van der Waals surface area (Å²) in [5, 5.41) is 5.97. The molecule has 0 aromatic heterocycles. The van der Waals surface area contributed by atoms with Gasteiger partial charge in [0.1, 0.15) is 0 Å². The predicted molar refractivity (Wildman–Crippen MR) is 151 cm³/mol. The molecule has 4 rings (SSSR count). The molecule has 0 saturated carbocycles. The molecule has 0 atom stereocenters. The van der Waals surface area contributed by atoms with Crippen molar-refractivity contribution in [3.8, 4) is 5.75 Å². The van der Waals surface area contributed by atoms with Gasteiger partial charge >= 0.3 is 0 Å². The lowest BCUT2D eigenvalue weighted by molar-refractivity contribution is -0.130. The standard InChI is InChI=1S/C25H24BrClN4O5S.ClH/c26-19-8-11-23(22(27)16-19)36-31(20-4-2-1-3-5-20)37(34,35)21-9-6-18(7-10-21)25(33)29-17-24(32)30-14-12-28-13-15-30;/h1-11,16,28H,12-15,17H2,(H,29,33);1H. The number of sulfonamides is 1. The van der Waals surface area contributed by atoms with Crippen LogP contribution in [0.3, 0.4) is 0 Å². The molecule has 9 nitrogen and oxygen atoms in total. The Balaban J connectivity index is 0.00000400. The lowest BCUT2D eigenvalue weighted by Crippen LogP contribution is -2.49. The number of anilines is 1. The number of carbonyl (C=O) groups excluding carboxylic acids is 2. The van der Waals surface area contributed by atoms with Crippen molar-refractivity contribution in [2.45, 2.75) is 4.90 Å². The molecule has 0 radical (unpaired) electrons. The maximum absolute atomic E-state index is 13.6. The minimum Gasteiger partial charge on any atom is -0.363 e. The molecule has 3 aromatic rings. The first-order chi connectivity index (χ1) is 17.8. The van der Waals surface area contributed by atoms with Crippen LogP contribution in [0.5, 0.6) is 5.75 Å². The third kappa shape index (κ3) is 7.17. The Morgan fingerprint density at radius 2 is 1.68 bits per heavy atom. The topological polar surface area (TPSA) is 108 Å². The zero-order valence-electron chi connectivity index (χ0n) is 20.0. The van der Waals surface area contributed by atoms with E-state index in [1.54, 1.807) is 53.4 Å². The van der Waals surface area contributed by atoms with Crippen molar-refractivity contribution in [2.75, 3.05) is 37.2 Å². The molecule has 1 aliphatic rings. The third-order valence-corrected chi connectivity index (χ3v) is 7.92. The number of hydrogen-bond donors (Lipinski definition) is 2. The van der Waals surface area contributed by atoms with E-state index in [1.165, 1.54) is 24.3 Å². The number of para-hydroxylation sites is 1. The molecular weight excluding hydrogens is 619 g/mol. The van der Waals surface area contributed by atoms with E-state index in [2.05, 4.69) is 26.6 Å². The monoisotopic (exact) mass is 642 g/mol. The summed E-state index contributed by atoms with van der Waals surface area (Å²) in [5.41, 5.74) is 0.477. The summed E-state index contributed by atoms with van der Waals surface area (Å²) >= 11 is 9.58. The van der Waals surface area contributed by atoms with Gasteiger partial charge in [-0.3, -0.25) is 9.59 Å². The van der Waals surface area contributed by atoms with Crippen LogP contribution in [-0.4, -0.2) is 57.9 Å². The Hall–Kier alpha value is -2.83. The lowest BCUT2D eigenvalue weighted by Gasteiger charge is -2.27. The maximum Gasteiger partial charge on any atom is 0.295 e. The van der Waals surface area contributed by atoms with Crippen LogP contribution in [-0.2, 0) is 14.8 Å². The normalized spacial score (nSPS) is 13.3. The number of hydrogen-bond acceptors (Lipinski definition) is 6. The Labute approximate surface area is 240 Å². The van der Waals surface area contributed by atoms with Gasteiger partial charge < -0.3 is 20.4 Å². The van der Waals surface area contributed by atoms with Crippen LogP contribution in [0.15, 0.2) is 82.2 Å². The van der Waals surface area contributed by atoms with Crippen molar-refractivity contribution >= 4 is 67.5 Å². The lowest BCUT2D eigenvalue weighted by atomic mass is 10.2. The van der Waals surface area contributed by atoms with Gasteiger partial charge in [0.2, 0.25) is 5.91 Å². The molecule has 1 fully saturated rings. The van der Waals surface area contributed by atoms with Gasteiger partial charge in [0.25, 0.3) is 15.9 Å². The second-order valence-electron chi connectivity index (χ2n) is 8.07. The summed E-state index contributed by atoms with van der Waals surface area (Å²) in [7, 11) is -4.22. The zero-order chi connectivity index (χ0) is 26.4. The second-order valence-corrected chi connectivity index (χ2v) is 11.1. The molecule has 2 amide bonds. The fourth-order valence-electron chi connectivity index (χ4n) is 3.59. The fourth-order valence-corrected chi connectivity index (χ4v) is 5.54. The van der Waals surface area contributed by atoms with E-state index in [9.17, 15) is 18.0 Å². The van der Waals surface area contributed by atoms with Crippen LogP contribution in [0.25, 0.3) is 0 Å². The molecule has 2 N–H and O–H groups in total. The number of benzene rings is 3. The second kappa shape index (κ2) is 13.3. The number of halogens is 3. The van der Waals surface area contributed by atoms with Crippen LogP contribution in [0, 0.1) is 0 Å². The third-order valence-electron chi connectivity index (χ3n) is 5.54. The highest BCUT2D eigenvalue weighted by Crippen LogP contribution is 2.32. The molecule has 1 heterocycles. The first kappa shape index (κ1) is 29.7. The molecule has 1 saturated heterocycles. The van der Waals surface area contributed by atoms with Crippen LogP contribution >= 0.6 is 39.9 Å². The summed E-state index contributed by atoms with van der Waals surface area (Å²) in [5.74, 6) is -0.510. The summed E-state index contributed by atoms with van der Waals surface area (Å²) in [6.07, 6.45) is 0. The van der Waals surface area contributed by atoms with Gasteiger partial charge in [-0.05, 0) is 54.6 Å². The molecule has 3 aromatic carbocycles. The predicted octanol–water partition coefficient (Wildman–Crippen LogP) is 3.88. The number of amides is 2. The molecular formula is C25H25BrCl2N4O5S. The van der Waals surface area contributed by atoms with Crippen molar-refractivity contribution in [1.82, 2.24) is 15.5 Å². The Morgan fingerprint density at radius 3 is 2.32 bits per heavy atom.